The summed E-state index contributed by atoms with van der Waals surface area (Å²) in [6.07, 6.45) is 0. The standard InChI is InChI=1S/C30H32N6O3S/c1-18-10-13-23(16-19(18)2)36(30(39)27-24(31)25(28(32)37)34-40-27)26(21-11-14-22(15-12-21)35(3)4)29(38)33-17-20-8-6-5-7-9-20/h5-16,26H,17,31H2,1-4H3,(H2,32,37)(H,33,38). The van der Waals surface area contributed by atoms with Crippen molar-refractivity contribution in [2.75, 3.05) is 29.6 Å². The lowest BCUT2D eigenvalue weighted by molar-refractivity contribution is -0.122. The van der Waals surface area contributed by atoms with E-state index in [0.717, 1.165) is 33.9 Å². The lowest BCUT2D eigenvalue weighted by Crippen LogP contribution is -2.44. The number of rotatable bonds is 9. The average molecular weight is 557 g/mol. The highest BCUT2D eigenvalue weighted by atomic mass is 32.1. The van der Waals surface area contributed by atoms with Crippen LogP contribution in [0, 0.1) is 13.8 Å². The van der Waals surface area contributed by atoms with Crippen LogP contribution in [-0.2, 0) is 11.3 Å². The van der Waals surface area contributed by atoms with Gasteiger partial charge in [0, 0.05) is 32.0 Å². The molecule has 0 aliphatic heterocycles. The van der Waals surface area contributed by atoms with Crippen LogP contribution in [0.25, 0.3) is 0 Å². The van der Waals surface area contributed by atoms with Crippen LogP contribution in [0.2, 0.25) is 0 Å². The zero-order chi connectivity index (χ0) is 29.0. The van der Waals surface area contributed by atoms with E-state index in [-0.39, 0.29) is 28.7 Å². The second kappa shape index (κ2) is 12.0. The fourth-order valence-corrected chi connectivity index (χ4v) is 4.99. The molecule has 0 aliphatic carbocycles. The van der Waals surface area contributed by atoms with E-state index in [1.807, 2.05) is 99.6 Å². The fraction of sp³-hybridized carbons (Fsp3) is 0.200. The summed E-state index contributed by atoms with van der Waals surface area (Å²) in [6.45, 7) is 4.18. The van der Waals surface area contributed by atoms with Crippen molar-refractivity contribution in [2.45, 2.75) is 26.4 Å². The molecule has 4 aromatic rings. The first-order chi connectivity index (χ1) is 19.1. The van der Waals surface area contributed by atoms with Crippen molar-refractivity contribution in [1.82, 2.24) is 9.69 Å². The molecule has 0 saturated heterocycles. The summed E-state index contributed by atoms with van der Waals surface area (Å²) in [6, 6.07) is 21.4. The zero-order valence-electron chi connectivity index (χ0n) is 22.8. The molecule has 40 heavy (non-hydrogen) atoms. The molecule has 4 rings (SSSR count). The number of primary amides is 1. The van der Waals surface area contributed by atoms with Crippen LogP contribution in [0.5, 0.6) is 0 Å². The number of nitrogens with one attached hydrogen (secondary N) is 1. The normalized spacial score (nSPS) is 11.5. The molecule has 3 aromatic carbocycles. The molecule has 0 saturated carbocycles. The van der Waals surface area contributed by atoms with Crippen LogP contribution < -0.4 is 26.6 Å². The van der Waals surface area contributed by atoms with Crippen molar-refractivity contribution in [2.24, 2.45) is 5.73 Å². The number of nitrogens with zero attached hydrogens (tertiary/aromatic N) is 3. The van der Waals surface area contributed by atoms with Gasteiger partial charge in [-0.2, -0.15) is 4.37 Å². The number of hydrogen-bond donors (Lipinski definition) is 3. The van der Waals surface area contributed by atoms with E-state index < -0.39 is 17.9 Å². The van der Waals surface area contributed by atoms with E-state index in [1.165, 1.54) is 4.90 Å². The number of nitrogens with two attached hydrogens (primary N) is 2. The summed E-state index contributed by atoms with van der Waals surface area (Å²) in [5.41, 5.74) is 16.2. The van der Waals surface area contributed by atoms with Gasteiger partial charge in [0.25, 0.3) is 11.8 Å². The van der Waals surface area contributed by atoms with Crippen LogP contribution in [0.4, 0.5) is 17.1 Å². The third-order valence-electron chi connectivity index (χ3n) is 6.68. The van der Waals surface area contributed by atoms with Gasteiger partial charge >= 0.3 is 0 Å². The molecule has 3 amide bonds. The lowest BCUT2D eigenvalue weighted by Gasteiger charge is -2.32. The van der Waals surface area contributed by atoms with Gasteiger partial charge in [-0.3, -0.25) is 19.3 Å². The second-order valence-electron chi connectivity index (χ2n) is 9.67. The highest BCUT2D eigenvalue weighted by Crippen LogP contribution is 2.34. The Labute approximate surface area is 237 Å². The molecular formula is C30H32N6O3S. The maximum Gasteiger partial charge on any atom is 0.273 e. The Morgan fingerprint density at radius 1 is 0.925 bits per heavy atom. The molecule has 1 unspecified atom stereocenters. The van der Waals surface area contributed by atoms with Gasteiger partial charge in [-0.25, -0.2) is 0 Å². The van der Waals surface area contributed by atoms with Crippen molar-refractivity contribution in [3.63, 3.8) is 0 Å². The first-order valence-electron chi connectivity index (χ1n) is 12.6. The minimum atomic E-state index is -1.06. The van der Waals surface area contributed by atoms with Gasteiger partial charge in [0.15, 0.2) is 5.69 Å². The number of amides is 3. The summed E-state index contributed by atoms with van der Waals surface area (Å²) < 4.78 is 4.02. The number of hydrogen-bond acceptors (Lipinski definition) is 7. The predicted molar refractivity (Wildman–Crippen MR) is 160 cm³/mol. The number of aryl methyl sites for hydroxylation is 2. The number of nitrogen functional groups attached to an aromatic ring is 1. The van der Waals surface area contributed by atoms with Crippen molar-refractivity contribution in [1.29, 1.82) is 0 Å². The Hall–Kier alpha value is -4.70. The summed E-state index contributed by atoms with van der Waals surface area (Å²) in [7, 11) is 3.85. The summed E-state index contributed by atoms with van der Waals surface area (Å²) in [5.74, 6) is -1.78. The van der Waals surface area contributed by atoms with Gasteiger partial charge in [-0.05, 0) is 71.9 Å². The van der Waals surface area contributed by atoms with Crippen LogP contribution in [0.15, 0.2) is 72.8 Å². The SMILES string of the molecule is Cc1ccc(N(C(=O)c2snc(C(N)=O)c2N)C(C(=O)NCc2ccccc2)c2ccc(N(C)C)cc2)cc1C. The molecule has 9 nitrogen and oxygen atoms in total. The van der Waals surface area contributed by atoms with Gasteiger partial charge in [0.1, 0.15) is 10.9 Å². The van der Waals surface area contributed by atoms with Gasteiger partial charge in [-0.15, -0.1) is 0 Å². The first kappa shape index (κ1) is 28.3. The number of aromatic nitrogens is 1. The second-order valence-corrected chi connectivity index (χ2v) is 10.4. The molecule has 0 fully saturated rings. The molecule has 5 N–H and O–H groups in total. The highest BCUT2D eigenvalue weighted by molar-refractivity contribution is 7.09. The Morgan fingerprint density at radius 3 is 2.15 bits per heavy atom. The van der Waals surface area contributed by atoms with E-state index in [4.69, 9.17) is 11.5 Å². The molecule has 206 valence electrons. The number of carbonyl (C=O) groups excluding carboxylic acids is 3. The average Bonchev–Trinajstić information content (AvgIpc) is 3.33. The maximum atomic E-state index is 14.2. The molecule has 1 aromatic heterocycles. The van der Waals surface area contributed by atoms with Crippen LogP contribution in [0.3, 0.4) is 0 Å². The van der Waals surface area contributed by atoms with Gasteiger partial charge < -0.3 is 21.7 Å². The minimum Gasteiger partial charge on any atom is -0.395 e. The molecule has 0 aliphatic rings. The van der Waals surface area contributed by atoms with E-state index >= 15 is 0 Å². The van der Waals surface area contributed by atoms with Gasteiger partial charge in [-0.1, -0.05) is 48.5 Å². The fourth-order valence-electron chi connectivity index (χ4n) is 4.25. The molecular weight excluding hydrogens is 524 g/mol. The van der Waals surface area contributed by atoms with E-state index in [1.54, 1.807) is 6.07 Å². The van der Waals surface area contributed by atoms with Crippen LogP contribution in [-0.4, -0.2) is 36.2 Å². The summed E-state index contributed by atoms with van der Waals surface area (Å²) in [5, 5.41) is 2.99. The smallest absolute Gasteiger partial charge is 0.273 e. The topological polar surface area (TPSA) is 135 Å². The third-order valence-corrected chi connectivity index (χ3v) is 7.54. The quantitative estimate of drug-likeness (QED) is 0.283. The largest absolute Gasteiger partial charge is 0.395 e. The highest BCUT2D eigenvalue weighted by Gasteiger charge is 2.36. The van der Waals surface area contributed by atoms with Crippen LogP contribution in [0.1, 0.15) is 48.5 Å². The Balaban J connectivity index is 1.86. The van der Waals surface area contributed by atoms with E-state index in [2.05, 4.69) is 9.69 Å². The predicted octanol–water partition coefficient (Wildman–Crippen LogP) is 4.21. The van der Waals surface area contributed by atoms with E-state index in [0.29, 0.717) is 11.3 Å². The van der Waals surface area contributed by atoms with Crippen molar-refractivity contribution in [3.05, 3.63) is 106 Å². The van der Waals surface area contributed by atoms with E-state index in [9.17, 15) is 14.4 Å². The number of anilines is 3. The molecule has 0 bridgehead atoms. The first-order valence-corrected chi connectivity index (χ1v) is 13.4. The number of benzene rings is 3. The minimum absolute atomic E-state index is 0.0257. The van der Waals surface area contributed by atoms with Gasteiger partial charge in [0.05, 0.1) is 5.69 Å². The molecule has 0 radical (unpaired) electrons. The summed E-state index contributed by atoms with van der Waals surface area (Å²) >= 11 is 0.778. The zero-order valence-corrected chi connectivity index (χ0v) is 23.7. The third kappa shape index (κ3) is 5.97. The van der Waals surface area contributed by atoms with Crippen molar-refractivity contribution in [3.8, 4) is 0 Å². The molecule has 1 heterocycles. The van der Waals surface area contributed by atoms with Crippen molar-refractivity contribution >= 4 is 46.3 Å². The Bertz CT molecular complexity index is 1530. The maximum absolute atomic E-state index is 14.2. The lowest BCUT2D eigenvalue weighted by atomic mass is 10.0. The Morgan fingerprint density at radius 2 is 1.57 bits per heavy atom. The molecule has 0 spiro atoms. The number of carbonyl (C=O) groups is 3. The monoisotopic (exact) mass is 556 g/mol. The molecule has 10 heteroatoms. The van der Waals surface area contributed by atoms with Gasteiger partial charge in [0.2, 0.25) is 5.91 Å². The van der Waals surface area contributed by atoms with Crippen molar-refractivity contribution < 1.29 is 14.4 Å². The summed E-state index contributed by atoms with van der Waals surface area (Å²) in [4.78, 5) is 43.5. The van der Waals surface area contributed by atoms with Crippen LogP contribution >= 0.6 is 11.5 Å². The Kier molecular flexibility index (Phi) is 8.49. The molecule has 1 atom stereocenters.